The molecule has 1 aromatic carbocycles. The maximum Gasteiger partial charge on any atom is 0.414 e. The summed E-state index contributed by atoms with van der Waals surface area (Å²) in [6, 6.07) is 4.96. The number of hydrogen-bond acceptors (Lipinski definition) is 2. The fourth-order valence-corrected chi connectivity index (χ4v) is 2.53. The topological polar surface area (TPSA) is 29.5 Å². The van der Waals surface area contributed by atoms with Crippen LogP contribution in [0.25, 0.3) is 0 Å². The Bertz CT molecular complexity index is 499. The number of amides is 1. The summed E-state index contributed by atoms with van der Waals surface area (Å²) in [6.45, 7) is 8.57. The lowest BCUT2D eigenvalue weighted by molar-refractivity contribution is 0.129. The van der Waals surface area contributed by atoms with E-state index in [-0.39, 0.29) is 23.9 Å². The Morgan fingerprint density at radius 1 is 1.35 bits per heavy atom. The molecule has 1 amide bonds. The highest BCUT2D eigenvalue weighted by atomic mass is 19.1. The molecule has 1 fully saturated rings. The van der Waals surface area contributed by atoms with Crippen molar-refractivity contribution in [3.05, 3.63) is 29.6 Å². The molecule has 1 saturated heterocycles. The summed E-state index contributed by atoms with van der Waals surface area (Å²) in [5, 5.41) is 0. The lowest BCUT2D eigenvalue weighted by atomic mass is 10.0. The monoisotopic (exact) mass is 279 g/mol. The van der Waals surface area contributed by atoms with Crippen LogP contribution in [-0.4, -0.2) is 18.7 Å². The van der Waals surface area contributed by atoms with Gasteiger partial charge in [0, 0.05) is 0 Å². The van der Waals surface area contributed by atoms with E-state index in [0.29, 0.717) is 23.7 Å². The van der Waals surface area contributed by atoms with E-state index in [1.807, 2.05) is 13.8 Å². The van der Waals surface area contributed by atoms with Gasteiger partial charge >= 0.3 is 6.09 Å². The van der Waals surface area contributed by atoms with Crippen molar-refractivity contribution in [1.82, 2.24) is 0 Å². The summed E-state index contributed by atoms with van der Waals surface area (Å²) < 4.78 is 19.3. The maximum absolute atomic E-state index is 14.0. The van der Waals surface area contributed by atoms with Crippen molar-refractivity contribution in [2.24, 2.45) is 5.92 Å². The average molecular weight is 279 g/mol. The number of halogens is 1. The largest absolute Gasteiger partial charge is 0.444 e. The fraction of sp³-hybridized carbons (Fsp3) is 0.562. The van der Waals surface area contributed by atoms with Crippen LogP contribution < -0.4 is 4.90 Å². The normalized spacial score (nSPS) is 19.1. The summed E-state index contributed by atoms with van der Waals surface area (Å²) in [7, 11) is 0. The molecule has 4 heteroatoms. The van der Waals surface area contributed by atoms with Crippen LogP contribution in [0.3, 0.4) is 0 Å². The zero-order chi connectivity index (χ0) is 14.9. The first-order valence-corrected chi connectivity index (χ1v) is 7.16. The number of rotatable bonds is 4. The van der Waals surface area contributed by atoms with Crippen molar-refractivity contribution >= 4 is 11.8 Å². The van der Waals surface area contributed by atoms with E-state index < -0.39 is 0 Å². The van der Waals surface area contributed by atoms with Gasteiger partial charge in [0.05, 0.1) is 12.2 Å². The molecule has 1 unspecified atom stereocenters. The molecule has 1 heterocycles. The quantitative estimate of drug-likeness (QED) is 0.821. The lowest BCUT2D eigenvalue weighted by Crippen LogP contribution is -2.25. The second kappa shape index (κ2) is 5.81. The summed E-state index contributed by atoms with van der Waals surface area (Å²) in [6.07, 6.45) is 0.345. The molecule has 0 spiro atoms. The van der Waals surface area contributed by atoms with Crippen LogP contribution in [0.2, 0.25) is 0 Å². The molecule has 110 valence electrons. The number of hydrogen-bond donors (Lipinski definition) is 0. The molecular formula is C16H22FNO2. The third kappa shape index (κ3) is 3.11. The minimum Gasteiger partial charge on any atom is -0.444 e. The number of ether oxygens (including phenoxy) is 1. The Kier molecular flexibility index (Phi) is 4.31. The first-order chi connectivity index (χ1) is 9.38. The number of carbonyl (C=O) groups is 1. The molecule has 0 saturated carbocycles. The van der Waals surface area contributed by atoms with Crippen LogP contribution >= 0.6 is 0 Å². The SMILES string of the molecule is CC(C)CC1CN(c2ccc(C(C)C)c(F)c2)C(=O)O1. The molecule has 1 atom stereocenters. The molecule has 0 N–H and O–H groups in total. The Balaban J connectivity index is 2.16. The van der Waals surface area contributed by atoms with Crippen LogP contribution in [0.1, 0.15) is 45.6 Å². The molecule has 20 heavy (non-hydrogen) atoms. The van der Waals surface area contributed by atoms with Crippen LogP contribution in [0.15, 0.2) is 18.2 Å². The standard InChI is InChI=1S/C16H22FNO2/c1-10(2)7-13-9-18(16(19)20-13)12-5-6-14(11(3)4)15(17)8-12/h5-6,8,10-11,13H,7,9H2,1-4H3. The maximum atomic E-state index is 14.0. The molecule has 1 aliphatic heterocycles. The third-order valence-corrected chi connectivity index (χ3v) is 3.53. The van der Waals surface area contributed by atoms with E-state index >= 15 is 0 Å². The molecule has 0 bridgehead atoms. The molecule has 1 aliphatic rings. The van der Waals surface area contributed by atoms with Crippen molar-refractivity contribution in [1.29, 1.82) is 0 Å². The second-order valence-electron chi connectivity index (χ2n) is 6.11. The van der Waals surface area contributed by atoms with E-state index in [1.54, 1.807) is 12.1 Å². The molecule has 0 aromatic heterocycles. The number of benzene rings is 1. The molecule has 3 nitrogen and oxygen atoms in total. The summed E-state index contributed by atoms with van der Waals surface area (Å²) in [5.74, 6) is 0.327. The van der Waals surface area contributed by atoms with Gasteiger partial charge in [-0.3, -0.25) is 4.90 Å². The van der Waals surface area contributed by atoms with Gasteiger partial charge in [-0.1, -0.05) is 33.8 Å². The fourth-order valence-electron chi connectivity index (χ4n) is 2.53. The van der Waals surface area contributed by atoms with Crippen molar-refractivity contribution in [2.75, 3.05) is 11.4 Å². The number of carbonyl (C=O) groups excluding carboxylic acids is 1. The number of cyclic esters (lactones) is 1. The highest BCUT2D eigenvalue weighted by molar-refractivity contribution is 5.89. The summed E-state index contributed by atoms with van der Waals surface area (Å²) >= 11 is 0. The van der Waals surface area contributed by atoms with Crippen molar-refractivity contribution in [3.63, 3.8) is 0 Å². The van der Waals surface area contributed by atoms with Gasteiger partial charge in [-0.25, -0.2) is 9.18 Å². The summed E-state index contributed by atoms with van der Waals surface area (Å²) in [4.78, 5) is 13.4. The van der Waals surface area contributed by atoms with Gasteiger partial charge in [0.1, 0.15) is 11.9 Å². The second-order valence-corrected chi connectivity index (χ2v) is 6.11. The highest BCUT2D eigenvalue weighted by Gasteiger charge is 2.32. The molecule has 2 rings (SSSR count). The van der Waals surface area contributed by atoms with E-state index in [9.17, 15) is 9.18 Å². The Morgan fingerprint density at radius 3 is 2.60 bits per heavy atom. The van der Waals surface area contributed by atoms with Crippen molar-refractivity contribution in [3.8, 4) is 0 Å². The van der Waals surface area contributed by atoms with Gasteiger partial charge in [0.15, 0.2) is 0 Å². The van der Waals surface area contributed by atoms with E-state index in [4.69, 9.17) is 4.74 Å². The van der Waals surface area contributed by atoms with Crippen molar-refractivity contribution < 1.29 is 13.9 Å². The van der Waals surface area contributed by atoms with Gasteiger partial charge in [-0.15, -0.1) is 0 Å². The van der Waals surface area contributed by atoms with Gasteiger partial charge < -0.3 is 4.74 Å². The van der Waals surface area contributed by atoms with E-state index in [1.165, 1.54) is 11.0 Å². The van der Waals surface area contributed by atoms with Crippen LogP contribution in [0.4, 0.5) is 14.9 Å². The Morgan fingerprint density at radius 2 is 2.05 bits per heavy atom. The average Bonchev–Trinajstić information content (AvgIpc) is 2.68. The first-order valence-electron chi connectivity index (χ1n) is 7.16. The highest BCUT2D eigenvalue weighted by Crippen LogP contribution is 2.28. The molecule has 1 aromatic rings. The zero-order valence-corrected chi connectivity index (χ0v) is 12.5. The van der Waals surface area contributed by atoms with Gasteiger partial charge in [0.2, 0.25) is 0 Å². The van der Waals surface area contributed by atoms with Crippen molar-refractivity contribution in [2.45, 2.75) is 46.1 Å². The molecule has 0 radical (unpaired) electrons. The predicted octanol–water partition coefficient (Wildman–Crippen LogP) is 4.32. The third-order valence-electron chi connectivity index (χ3n) is 3.53. The lowest BCUT2D eigenvalue weighted by Gasteiger charge is -2.15. The number of anilines is 1. The number of nitrogens with zero attached hydrogens (tertiary/aromatic N) is 1. The van der Waals surface area contributed by atoms with Gasteiger partial charge in [-0.05, 0) is 36.0 Å². The van der Waals surface area contributed by atoms with Crippen LogP contribution in [0.5, 0.6) is 0 Å². The van der Waals surface area contributed by atoms with Crippen LogP contribution in [0, 0.1) is 11.7 Å². The molecular weight excluding hydrogens is 257 g/mol. The van der Waals surface area contributed by atoms with E-state index in [0.717, 1.165) is 6.42 Å². The minimum absolute atomic E-state index is 0.102. The van der Waals surface area contributed by atoms with Crippen LogP contribution in [-0.2, 0) is 4.74 Å². The predicted molar refractivity (Wildman–Crippen MR) is 77.6 cm³/mol. The summed E-state index contributed by atoms with van der Waals surface area (Å²) in [5.41, 5.74) is 1.24. The Labute approximate surface area is 119 Å². The zero-order valence-electron chi connectivity index (χ0n) is 12.5. The van der Waals surface area contributed by atoms with Gasteiger partial charge in [0.25, 0.3) is 0 Å². The van der Waals surface area contributed by atoms with E-state index in [2.05, 4.69) is 13.8 Å². The minimum atomic E-state index is -0.382. The first kappa shape index (κ1) is 14.8. The van der Waals surface area contributed by atoms with Gasteiger partial charge in [-0.2, -0.15) is 0 Å². The molecule has 0 aliphatic carbocycles. The smallest absolute Gasteiger partial charge is 0.414 e. The Hall–Kier alpha value is -1.58.